The lowest BCUT2D eigenvalue weighted by atomic mass is 10.1. The highest BCUT2D eigenvalue weighted by molar-refractivity contribution is 6.42. The predicted octanol–water partition coefficient (Wildman–Crippen LogP) is 5.78. The maximum atomic E-state index is 14.7. The van der Waals surface area contributed by atoms with Gasteiger partial charge >= 0.3 is 0 Å². The van der Waals surface area contributed by atoms with Crippen LogP contribution in [0.15, 0.2) is 55.8 Å². The number of ether oxygens (including phenoxy) is 1. The minimum atomic E-state index is -0.677. The molecule has 190 valence electrons. The van der Waals surface area contributed by atoms with Crippen LogP contribution >= 0.6 is 23.2 Å². The minimum Gasteiger partial charge on any atom is -0.490 e. The Balaban J connectivity index is 1.53. The molecule has 2 aromatic carbocycles. The van der Waals surface area contributed by atoms with Gasteiger partial charge in [0.25, 0.3) is 0 Å². The van der Waals surface area contributed by atoms with Crippen molar-refractivity contribution in [3.8, 4) is 17.0 Å². The van der Waals surface area contributed by atoms with Crippen LogP contribution in [0.2, 0.25) is 10.0 Å². The second-order valence-corrected chi connectivity index (χ2v) is 9.49. The van der Waals surface area contributed by atoms with E-state index in [0.717, 1.165) is 11.3 Å². The van der Waals surface area contributed by atoms with Gasteiger partial charge in [0.05, 0.1) is 33.3 Å². The molecular formula is C26H23Cl2FN6O2. The summed E-state index contributed by atoms with van der Waals surface area (Å²) in [7, 11) is 1.89. The maximum absolute atomic E-state index is 14.7. The van der Waals surface area contributed by atoms with Crippen molar-refractivity contribution >= 4 is 51.5 Å². The standard InChI is InChI=1S/C26H23Cl2FN6O2/c1-3-23(36)35-8-6-15(7-9-35)37-22-11-17-20(10-16(22)21-12-34(2)14-32-21)30-13-31-26(17)33-19-5-4-18(27)24(28)25(19)29/h3-5,10-15H,1,6-9H2,2H3,(H,30,31,33). The summed E-state index contributed by atoms with van der Waals surface area (Å²) in [5.74, 6) is 0.210. The number of likely N-dealkylation sites (tertiary alicyclic amines) is 1. The lowest BCUT2D eigenvalue weighted by Gasteiger charge is -2.32. The number of aryl methyl sites for hydroxylation is 1. The van der Waals surface area contributed by atoms with Crippen molar-refractivity contribution < 1.29 is 13.9 Å². The number of hydrogen-bond acceptors (Lipinski definition) is 6. The van der Waals surface area contributed by atoms with E-state index in [0.29, 0.717) is 48.4 Å². The molecule has 0 radical (unpaired) electrons. The molecule has 1 aliphatic rings. The molecule has 3 heterocycles. The molecule has 8 nitrogen and oxygen atoms in total. The maximum Gasteiger partial charge on any atom is 0.245 e. The van der Waals surface area contributed by atoms with Gasteiger partial charge in [0.15, 0.2) is 5.82 Å². The Labute approximate surface area is 222 Å². The summed E-state index contributed by atoms with van der Waals surface area (Å²) in [6, 6.07) is 6.71. The first-order valence-corrected chi connectivity index (χ1v) is 12.3. The molecule has 0 aliphatic carbocycles. The van der Waals surface area contributed by atoms with Crippen molar-refractivity contribution in [1.29, 1.82) is 0 Å². The van der Waals surface area contributed by atoms with E-state index in [2.05, 4.69) is 26.8 Å². The van der Waals surface area contributed by atoms with Crippen LogP contribution in [0.1, 0.15) is 12.8 Å². The second-order valence-electron chi connectivity index (χ2n) is 8.71. The summed E-state index contributed by atoms with van der Waals surface area (Å²) in [6.45, 7) is 4.72. The lowest BCUT2D eigenvalue weighted by molar-refractivity contribution is -0.127. The molecule has 11 heteroatoms. The average molecular weight is 541 g/mol. The quantitative estimate of drug-likeness (QED) is 0.246. The number of anilines is 2. The van der Waals surface area contributed by atoms with E-state index in [1.54, 1.807) is 11.2 Å². The smallest absolute Gasteiger partial charge is 0.245 e. The fraction of sp³-hybridized carbons (Fsp3) is 0.231. The highest BCUT2D eigenvalue weighted by Gasteiger charge is 2.25. The fourth-order valence-electron chi connectivity index (χ4n) is 4.29. The summed E-state index contributed by atoms with van der Waals surface area (Å²) in [6.07, 6.45) is 7.56. The van der Waals surface area contributed by atoms with Crippen LogP contribution in [-0.4, -0.2) is 49.5 Å². The molecule has 0 spiro atoms. The molecule has 1 saturated heterocycles. The van der Waals surface area contributed by atoms with Gasteiger partial charge in [0, 0.05) is 50.1 Å². The van der Waals surface area contributed by atoms with Gasteiger partial charge in [-0.3, -0.25) is 4.79 Å². The Bertz CT molecular complexity index is 1500. The normalized spacial score (nSPS) is 14.1. The predicted molar refractivity (Wildman–Crippen MR) is 142 cm³/mol. The van der Waals surface area contributed by atoms with Gasteiger partial charge < -0.3 is 19.5 Å². The first-order valence-electron chi connectivity index (χ1n) is 11.6. The third-order valence-electron chi connectivity index (χ3n) is 6.23. The topological polar surface area (TPSA) is 85.2 Å². The first-order chi connectivity index (χ1) is 17.8. The number of carbonyl (C=O) groups is 1. The van der Waals surface area contributed by atoms with Crippen molar-refractivity contribution in [2.24, 2.45) is 7.05 Å². The number of hydrogen-bond donors (Lipinski definition) is 1. The molecule has 37 heavy (non-hydrogen) atoms. The van der Waals surface area contributed by atoms with Gasteiger partial charge in [-0.25, -0.2) is 19.3 Å². The van der Waals surface area contributed by atoms with Crippen LogP contribution in [0.3, 0.4) is 0 Å². The zero-order valence-electron chi connectivity index (χ0n) is 19.9. The highest BCUT2D eigenvalue weighted by atomic mass is 35.5. The van der Waals surface area contributed by atoms with E-state index >= 15 is 0 Å². The highest BCUT2D eigenvalue weighted by Crippen LogP contribution is 2.38. The summed E-state index contributed by atoms with van der Waals surface area (Å²) in [5.41, 5.74) is 2.24. The Morgan fingerprint density at radius 2 is 2.00 bits per heavy atom. The third kappa shape index (κ3) is 5.10. The van der Waals surface area contributed by atoms with Gasteiger partial charge in [-0.15, -0.1) is 0 Å². The van der Waals surface area contributed by atoms with Crippen LogP contribution in [0, 0.1) is 5.82 Å². The molecule has 1 N–H and O–H groups in total. The van der Waals surface area contributed by atoms with Crippen molar-refractivity contribution in [2.75, 3.05) is 18.4 Å². The number of piperidine rings is 1. The van der Waals surface area contributed by atoms with Gasteiger partial charge in [0.2, 0.25) is 5.91 Å². The van der Waals surface area contributed by atoms with E-state index in [1.165, 1.54) is 24.5 Å². The Kier molecular flexibility index (Phi) is 6.99. The second kappa shape index (κ2) is 10.4. The summed E-state index contributed by atoms with van der Waals surface area (Å²) >= 11 is 11.9. The van der Waals surface area contributed by atoms with Crippen LogP contribution in [0.25, 0.3) is 22.2 Å². The fourth-order valence-corrected chi connectivity index (χ4v) is 4.60. The van der Waals surface area contributed by atoms with Crippen molar-refractivity contribution in [3.05, 3.63) is 71.6 Å². The molecule has 0 unspecified atom stereocenters. The SMILES string of the molecule is C=CC(=O)N1CCC(Oc2cc3c(Nc4ccc(Cl)c(Cl)c4F)ncnc3cc2-c2cn(C)cn2)CC1. The van der Waals surface area contributed by atoms with E-state index in [4.69, 9.17) is 27.9 Å². The van der Waals surface area contributed by atoms with Crippen LogP contribution in [-0.2, 0) is 11.8 Å². The molecule has 2 aromatic heterocycles. The largest absolute Gasteiger partial charge is 0.490 e. The summed E-state index contributed by atoms with van der Waals surface area (Å²) in [5, 5.41) is 3.58. The zero-order chi connectivity index (χ0) is 26.1. The molecule has 0 bridgehead atoms. The number of imidazole rings is 1. The number of aromatic nitrogens is 4. The van der Waals surface area contributed by atoms with Gasteiger partial charge in [-0.1, -0.05) is 29.8 Å². The Morgan fingerprint density at radius 3 is 2.70 bits per heavy atom. The van der Waals surface area contributed by atoms with E-state index in [1.807, 2.05) is 29.9 Å². The van der Waals surface area contributed by atoms with Crippen molar-refractivity contribution in [3.63, 3.8) is 0 Å². The molecular weight excluding hydrogens is 518 g/mol. The Morgan fingerprint density at radius 1 is 1.22 bits per heavy atom. The van der Waals surface area contributed by atoms with E-state index in [-0.39, 0.29) is 27.7 Å². The van der Waals surface area contributed by atoms with Gasteiger partial charge in [0.1, 0.15) is 24.0 Å². The van der Waals surface area contributed by atoms with E-state index < -0.39 is 5.82 Å². The first kappa shape index (κ1) is 25.0. The van der Waals surface area contributed by atoms with Crippen LogP contribution in [0.5, 0.6) is 5.75 Å². The lowest BCUT2D eigenvalue weighted by Crippen LogP contribution is -2.41. The number of nitrogens with one attached hydrogen (secondary N) is 1. The summed E-state index contributed by atoms with van der Waals surface area (Å²) in [4.78, 5) is 27.0. The number of amides is 1. The summed E-state index contributed by atoms with van der Waals surface area (Å²) < 4.78 is 23.1. The molecule has 4 aromatic rings. The molecule has 5 rings (SSSR count). The van der Waals surface area contributed by atoms with E-state index in [9.17, 15) is 9.18 Å². The monoisotopic (exact) mass is 540 g/mol. The Hall–Kier alpha value is -3.69. The molecule has 1 aliphatic heterocycles. The van der Waals surface area contributed by atoms with Crippen molar-refractivity contribution in [2.45, 2.75) is 18.9 Å². The molecule has 1 amide bonds. The van der Waals surface area contributed by atoms with Crippen molar-refractivity contribution in [1.82, 2.24) is 24.4 Å². The molecule has 0 atom stereocenters. The van der Waals surface area contributed by atoms with Crippen LogP contribution < -0.4 is 10.1 Å². The zero-order valence-corrected chi connectivity index (χ0v) is 21.4. The number of rotatable bonds is 6. The number of nitrogens with zero attached hydrogens (tertiary/aromatic N) is 5. The van der Waals surface area contributed by atoms with Crippen LogP contribution in [0.4, 0.5) is 15.9 Å². The van der Waals surface area contributed by atoms with Gasteiger partial charge in [-0.05, 0) is 30.3 Å². The average Bonchev–Trinajstić information content (AvgIpc) is 3.35. The number of halogens is 3. The third-order valence-corrected chi connectivity index (χ3v) is 7.01. The number of benzene rings is 2. The molecule has 1 fully saturated rings. The number of carbonyl (C=O) groups excluding carboxylic acids is 1. The molecule has 0 saturated carbocycles. The van der Waals surface area contributed by atoms with Gasteiger partial charge in [-0.2, -0.15) is 0 Å². The minimum absolute atomic E-state index is 0.0827. The number of fused-ring (bicyclic) bond motifs is 1.